The number of hydrogen-bond donors (Lipinski definition) is 0. The van der Waals surface area contributed by atoms with Crippen LogP contribution in [0.1, 0.15) is 18.5 Å². The van der Waals surface area contributed by atoms with Crippen LogP contribution < -0.4 is 4.90 Å². The fourth-order valence-electron chi connectivity index (χ4n) is 3.09. The molecule has 3 aliphatic heterocycles. The molecule has 2 bridgehead atoms. The normalized spacial score (nSPS) is 27.6. The molecule has 4 rings (SSSR count). The van der Waals surface area contributed by atoms with Gasteiger partial charge in [0.25, 0.3) is 0 Å². The minimum atomic E-state index is 0.169. The number of rotatable bonds is 1. The summed E-state index contributed by atoms with van der Waals surface area (Å²) in [7, 11) is 1.94. The van der Waals surface area contributed by atoms with Gasteiger partial charge in [-0.15, -0.1) is 0 Å². The number of aryl methyl sites for hydroxylation is 1. The highest BCUT2D eigenvalue weighted by Gasteiger charge is 2.38. The molecule has 0 spiro atoms. The fraction of sp³-hybridized carbons (Fsp3) is 0.571. The molecule has 1 aromatic heterocycles. The largest absolute Gasteiger partial charge is 0.369 e. The Hall–Kier alpha value is -1.58. The summed E-state index contributed by atoms with van der Waals surface area (Å²) in [6.07, 6.45) is 4.02. The Morgan fingerprint density at radius 2 is 2.17 bits per heavy atom. The molecule has 18 heavy (non-hydrogen) atoms. The number of pyridine rings is 1. The van der Waals surface area contributed by atoms with Gasteiger partial charge in [-0.05, 0) is 31.9 Å². The van der Waals surface area contributed by atoms with Gasteiger partial charge in [-0.2, -0.15) is 0 Å². The maximum atomic E-state index is 12.1. The number of nitrogens with zero attached hydrogens (tertiary/aromatic N) is 3. The summed E-state index contributed by atoms with van der Waals surface area (Å²) >= 11 is 0. The number of fused-ring (bicyclic) bond motifs is 4. The third-order valence-corrected chi connectivity index (χ3v) is 4.21. The Kier molecular flexibility index (Phi) is 2.73. The van der Waals surface area contributed by atoms with Gasteiger partial charge in [0.1, 0.15) is 0 Å². The first-order valence-electron chi connectivity index (χ1n) is 6.59. The van der Waals surface area contributed by atoms with Crippen molar-refractivity contribution in [1.82, 2.24) is 9.88 Å². The zero-order chi connectivity index (χ0) is 12.7. The van der Waals surface area contributed by atoms with Gasteiger partial charge in [0.05, 0.1) is 5.92 Å². The topological polar surface area (TPSA) is 36.4 Å². The zero-order valence-electron chi connectivity index (χ0n) is 11.0. The van der Waals surface area contributed by atoms with E-state index in [-0.39, 0.29) is 5.92 Å². The maximum Gasteiger partial charge on any atom is 0.227 e. The summed E-state index contributed by atoms with van der Waals surface area (Å²) < 4.78 is 0. The van der Waals surface area contributed by atoms with Crippen molar-refractivity contribution in [3.8, 4) is 0 Å². The minimum absolute atomic E-state index is 0.169. The van der Waals surface area contributed by atoms with Gasteiger partial charge >= 0.3 is 0 Å². The van der Waals surface area contributed by atoms with Crippen LogP contribution >= 0.6 is 0 Å². The van der Waals surface area contributed by atoms with Gasteiger partial charge in [-0.1, -0.05) is 0 Å². The van der Waals surface area contributed by atoms with E-state index in [1.807, 2.05) is 31.1 Å². The Morgan fingerprint density at radius 3 is 2.94 bits per heavy atom. The van der Waals surface area contributed by atoms with Gasteiger partial charge in [0, 0.05) is 43.8 Å². The molecule has 1 amide bonds. The lowest BCUT2D eigenvalue weighted by Crippen LogP contribution is -2.45. The molecule has 96 valence electrons. The molecule has 0 radical (unpaired) electrons. The second-order valence-corrected chi connectivity index (χ2v) is 5.44. The molecule has 0 saturated carbocycles. The number of anilines is 1. The smallest absolute Gasteiger partial charge is 0.227 e. The van der Waals surface area contributed by atoms with Crippen molar-refractivity contribution in [2.45, 2.75) is 25.8 Å². The van der Waals surface area contributed by atoms with E-state index in [1.165, 1.54) is 5.69 Å². The average Bonchev–Trinajstić information content (AvgIpc) is 2.64. The molecule has 0 aliphatic carbocycles. The van der Waals surface area contributed by atoms with Crippen molar-refractivity contribution in [2.24, 2.45) is 5.92 Å². The summed E-state index contributed by atoms with van der Waals surface area (Å²) in [6, 6.07) is 4.52. The quantitative estimate of drug-likeness (QED) is 0.751. The number of amides is 1. The van der Waals surface area contributed by atoms with E-state index in [0.717, 1.165) is 31.6 Å². The van der Waals surface area contributed by atoms with Crippen molar-refractivity contribution in [2.75, 3.05) is 25.0 Å². The third kappa shape index (κ3) is 1.85. The van der Waals surface area contributed by atoms with Crippen LogP contribution in [0.3, 0.4) is 0 Å². The number of aromatic nitrogens is 1. The molecule has 1 aromatic rings. The highest BCUT2D eigenvalue weighted by atomic mass is 16.2. The van der Waals surface area contributed by atoms with E-state index in [0.29, 0.717) is 11.9 Å². The van der Waals surface area contributed by atoms with E-state index in [4.69, 9.17) is 0 Å². The van der Waals surface area contributed by atoms with Crippen molar-refractivity contribution in [1.29, 1.82) is 0 Å². The van der Waals surface area contributed by atoms with Crippen LogP contribution in [0.5, 0.6) is 0 Å². The molecule has 4 nitrogen and oxygen atoms in total. The lowest BCUT2D eigenvalue weighted by atomic mass is 9.95. The second-order valence-electron chi connectivity index (χ2n) is 5.44. The van der Waals surface area contributed by atoms with Gasteiger partial charge in [-0.3, -0.25) is 9.78 Å². The highest BCUT2D eigenvalue weighted by Crippen LogP contribution is 2.30. The van der Waals surface area contributed by atoms with Crippen molar-refractivity contribution < 1.29 is 4.79 Å². The molecule has 3 saturated heterocycles. The molecule has 3 aliphatic rings. The van der Waals surface area contributed by atoms with E-state index in [2.05, 4.69) is 16.0 Å². The van der Waals surface area contributed by atoms with Crippen molar-refractivity contribution in [3.63, 3.8) is 0 Å². The number of piperidine rings is 1. The summed E-state index contributed by atoms with van der Waals surface area (Å²) in [4.78, 5) is 20.7. The van der Waals surface area contributed by atoms with E-state index in [1.54, 1.807) is 0 Å². The first-order valence-corrected chi connectivity index (χ1v) is 6.59. The van der Waals surface area contributed by atoms with Crippen LogP contribution in [0.4, 0.5) is 5.69 Å². The predicted molar refractivity (Wildman–Crippen MR) is 70.5 cm³/mol. The van der Waals surface area contributed by atoms with E-state index >= 15 is 0 Å². The number of carbonyl (C=O) groups is 1. The van der Waals surface area contributed by atoms with Gasteiger partial charge < -0.3 is 9.80 Å². The van der Waals surface area contributed by atoms with Crippen LogP contribution in [0.25, 0.3) is 0 Å². The van der Waals surface area contributed by atoms with Gasteiger partial charge in [0.15, 0.2) is 0 Å². The fourth-order valence-corrected chi connectivity index (χ4v) is 3.09. The standard InChI is InChI=1S/C14H19N3O/c1-10-7-12(5-6-15-10)17-8-11-3-4-13(9-17)16(2)14(11)18/h5-7,11,13H,3-4,8-9H2,1-2H3/t11-,13+/m1/s1. The molecule has 0 aromatic carbocycles. The van der Waals surface area contributed by atoms with Crippen LogP contribution in [-0.2, 0) is 4.79 Å². The van der Waals surface area contributed by atoms with Gasteiger partial charge in [0.2, 0.25) is 5.91 Å². The first-order chi connectivity index (χ1) is 8.65. The molecule has 3 fully saturated rings. The Labute approximate surface area is 108 Å². The molecule has 0 unspecified atom stereocenters. The maximum absolute atomic E-state index is 12.1. The Balaban J connectivity index is 1.90. The Morgan fingerprint density at radius 1 is 1.33 bits per heavy atom. The minimum Gasteiger partial charge on any atom is -0.369 e. The molecule has 0 N–H and O–H groups in total. The molecular weight excluding hydrogens is 226 g/mol. The zero-order valence-corrected chi connectivity index (χ0v) is 11.0. The monoisotopic (exact) mass is 245 g/mol. The average molecular weight is 245 g/mol. The van der Waals surface area contributed by atoms with Crippen molar-refractivity contribution in [3.05, 3.63) is 24.0 Å². The molecule has 4 heterocycles. The summed E-state index contributed by atoms with van der Waals surface area (Å²) in [6.45, 7) is 3.80. The lowest BCUT2D eigenvalue weighted by molar-refractivity contribution is -0.138. The van der Waals surface area contributed by atoms with Crippen LogP contribution in [0, 0.1) is 12.8 Å². The molecule has 4 heteroatoms. The summed E-state index contributed by atoms with van der Waals surface area (Å²) in [5.41, 5.74) is 2.23. The number of hydrogen-bond acceptors (Lipinski definition) is 3. The second kappa shape index (κ2) is 4.26. The van der Waals surface area contributed by atoms with Crippen LogP contribution in [0.2, 0.25) is 0 Å². The predicted octanol–water partition coefficient (Wildman–Crippen LogP) is 1.45. The number of likely N-dealkylation sites (N-methyl/N-ethyl adjacent to an activating group) is 1. The van der Waals surface area contributed by atoms with E-state index < -0.39 is 0 Å². The summed E-state index contributed by atoms with van der Waals surface area (Å²) in [5, 5.41) is 0. The highest BCUT2D eigenvalue weighted by molar-refractivity contribution is 5.81. The Bertz CT molecular complexity index is 474. The number of carbonyl (C=O) groups excluding carboxylic acids is 1. The van der Waals surface area contributed by atoms with E-state index in [9.17, 15) is 4.79 Å². The van der Waals surface area contributed by atoms with Gasteiger partial charge in [-0.25, -0.2) is 0 Å². The van der Waals surface area contributed by atoms with Crippen molar-refractivity contribution >= 4 is 11.6 Å². The molecule has 2 atom stereocenters. The van der Waals surface area contributed by atoms with Crippen LogP contribution in [-0.4, -0.2) is 42.0 Å². The first kappa shape index (κ1) is 11.5. The summed E-state index contributed by atoms with van der Waals surface area (Å²) in [5.74, 6) is 0.488. The SMILES string of the molecule is Cc1cc(N2C[C@H]3CC[C@@H](C2)N(C)C3=O)ccn1. The lowest BCUT2D eigenvalue weighted by Gasteiger charge is -2.32. The molecular formula is C14H19N3O. The van der Waals surface area contributed by atoms with Crippen LogP contribution in [0.15, 0.2) is 18.3 Å². The third-order valence-electron chi connectivity index (χ3n) is 4.21.